The van der Waals surface area contributed by atoms with E-state index in [2.05, 4.69) is 10.00 Å². The van der Waals surface area contributed by atoms with E-state index >= 15 is 0 Å². The standard InChI is InChI=1S/C16H24N4O3/c1-18-9-14(8-17-18)20-12-16(23-11-15(20)21)3-5-19(6-4-16)13-2-7-22-10-13/h8-9,13H,2-7,10-12H2,1H3/t13-/m0/s1. The van der Waals surface area contributed by atoms with E-state index in [1.807, 2.05) is 18.1 Å². The van der Waals surface area contributed by atoms with E-state index in [0.29, 0.717) is 12.6 Å². The second-order valence-corrected chi connectivity index (χ2v) is 6.88. The van der Waals surface area contributed by atoms with Crippen molar-refractivity contribution in [3.8, 4) is 0 Å². The van der Waals surface area contributed by atoms with Gasteiger partial charge in [-0.25, -0.2) is 0 Å². The van der Waals surface area contributed by atoms with Crippen LogP contribution in [0.25, 0.3) is 0 Å². The molecule has 4 heterocycles. The summed E-state index contributed by atoms with van der Waals surface area (Å²) in [6, 6.07) is 0.562. The zero-order valence-electron chi connectivity index (χ0n) is 13.6. The fraction of sp³-hybridized carbons (Fsp3) is 0.750. The summed E-state index contributed by atoms with van der Waals surface area (Å²) in [4.78, 5) is 16.6. The van der Waals surface area contributed by atoms with Crippen molar-refractivity contribution in [2.24, 2.45) is 7.05 Å². The van der Waals surface area contributed by atoms with Gasteiger partial charge in [0.25, 0.3) is 5.91 Å². The van der Waals surface area contributed by atoms with Crippen molar-refractivity contribution in [3.05, 3.63) is 12.4 Å². The molecule has 1 atom stereocenters. The maximum atomic E-state index is 12.2. The molecule has 0 N–H and O–H groups in total. The van der Waals surface area contributed by atoms with Gasteiger partial charge in [-0.1, -0.05) is 0 Å². The Labute approximate surface area is 136 Å². The molecule has 7 nitrogen and oxygen atoms in total. The molecular weight excluding hydrogens is 296 g/mol. The van der Waals surface area contributed by atoms with Crippen LogP contribution in [0, 0.1) is 0 Å². The van der Waals surface area contributed by atoms with E-state index in [0.717, 1.165) is 51.3 Å². The maximum Gasteiger partial charge on any atom is 0.253 e. The van der Waals surface area contributed by atoms with E-state index in [1.165, 1.54) is 0 Å². The number of hydrogen-bond donors (Lipinski definition) is 0. The van der Waals surface area contributed by atoms with Crippen LogP contribution in [0.4, 0.5) is 5.69 Å². The molecule has 4 rings (SSSR count). The number of hydrogen-bond acceptors (Lipinski definition) is 5. The number of ether oxygens (including phenoxy) is 2. The third kappa shape index (κ3) is 2.88. The van der Waals surface area contributed by atoms with Gasteiger partial charge in [-0.2, -0.15) is 5.10 Å². The lowest BCUT2D eigenvalue weighted by Gasteiger charge is -2.47. The molecule has 0 saturated carbocycles. The lowest BCUT2D eigenvalue weighted by atomic mass is 9.88. The summed E-state index contributed by atoms with van der Waals surface area (Å²) < 4.78 is 13.2. The maximum absolute atomic E-state index is 12.2. The number of anilines is 1. The lowest BCUT2D eigenvalue weighted by molar-refractivity contribution is -0.145. The van der Waals surface area contributed by atoms with Crippen LogP contribution in [0.5, 0.6) is 0 Å². The van der Waals surface area contributed by atoms with E-state index in [1.54, 1.807) is 10.9 Å². The molecule has 7 heteroatoms. The monoisotopic (exact) mass is 320 g/mol. The molecule has 3 fully saturated rings. The molecule has 126 valence electrons. The molecule has 3 saturated heterocycles. The summed E-state index contributed by atoms with van der Waals surface area (Å²) in [5.74, 6) is 0.0234. The highest BCUT2D eigenvalue weighted by Gasteiger charge is 2.44. The van der Waals surface area contributed by atoms with Gasteiger partial charge in [-0.15, -0.1) is 0 Å². The normalized spacial score (nSPS) is 28.7. The first-order valence-electron chi connectivity index (χ1n) is 8.40. The predicted molar refractivity (Wildman–Crippen MR) is 84.3 cm³/mol. The molecule has 23 heavy (non-hydrogen) atoms. The van der Waals surface area contributed by atoms with Crippen molar-refractivity contribution >= 4 is 11.6 Å². The summed E-state index contributed by atoms with van der Waals surface area (Å²) in [5.41, 5.74) is 0.659. The van der Waals surface area contributed by atoms with Crippen LogP contribution in [0.1, 0.15) is 19.3 Å². The summed E-state index contributed by atoms with van der Waals surface area (Å²) in [6.45, 7) is 4.57. The van der Waals surface area contributed by atoms with Crippen LogP contribution in [-0.2, 0) is 21.3 Å². The third-order valence-corrected chi connectivity index (χ3v) is 5.38. The van der Waals surface area contributed by atoms with E-state index < -0.39 is 0 Å². The molecule has 3 aliphatic rings. The topological polar surface area (TPSA) is 59.8 Å². The van der Waals surface area contributed by atoms with Crippen molar-refractivity contribution in [2.75, 3.05) is 44.4 Å². The number of morpholine rings is 1. The van der Waals surface area contributed by atoms with Gasteiger partial charge in [-0.05, 0) is 19.3 Å². The predicted octanol–water partition coefficient (Wildman–Crippen LogP) is 0.407. The highest BCUT2D eigenvalue weighted by atomic mass is 16.5. The van der Waals surface area contributed by atoms with Crippen molar-refractivity contribution in [1.82, 2.24) is 14.7 Å². The number of nitrogens with zero attached hydrogens (tertiary/aromatic N) is 4. The molecule has 0 aromatic carbocycles. The van der Waals surface area contributed by atoms with Crippen LogP contribution < -0.4 is 4.90 Å². The third-order valence-electron chi connectivity index (χ3n) is 5.38. The van der Waals surface area contributed by atoms with E-state index in [9.17, 15) is 4.79 Å². The Morgan fingerprint density at radius 1 is 1.35 bits per heavy atom. The fourth-order valence-corrected chi connectivity index (χ4v) is 3.91. The summed E-state index contributed by atoms with van der Waals surface area (Å²) in [6.07, 6.45) is 6.71. The summed E-state index contributed by atoms with van der Waals surface area (Å²) in [7, 11) is 1.87. The molecule has 1 aromatic heterocycles. The molecule has 0 radical (unpaired) electrons. The Hall–Kier alpha value is -1.44. The van der Waals surface area contributed by atoms with Gasteiger partial charge in [0.05, 0.1) is 30.6 Å². The summed E-state index contributed by atoms with van der Waals surface area (Å²) >= 11 is 0. The number of carbonyl (C=O) groups is 1. The molecule has 0 aliphatic carbocycles. The molecule has 3 aliphatic heterocycles. The van der Waals surface area contributed by atoms with Crippen LogP contribution in [-0.4, -0.2) is 71.7 Å². The van der Waals surface area contributed by atoms with Gasteiger partial charge in [0, 0.05) is 39.0 Å². The highest BCUT2D eigenvalue weighted by molar-refractivity contribution is 5.94. The average molecular weight is 320 g/mol. The minimum absolute atomic E-state index is 0.0234. The minimum Gasteiger partial charge on any atom is -0.380 e. The number of carbonyl (C=O) groups excluding carboxylic acids is 1. The smallest absolute Gasteiger partial charge is 0.253 e. The highest BCUT2D eigenvalue weighted by Crippen LogP contribution is 2.33. The first-order chi connectivity index (χ1) is 11.2. The first kappa shape index (κ1) is 15.1. The molecule has 0 bridgehead atoms. The van der Waals surface area contributed by atoms with Gasteiger partial charge in [0.15, 0.2) is 0 Å². The van der Waals surface area contributed by atoms with Crippen LogP contribution >= 0.6 is 0 Å². The Morgan fingerprint density at radius 3 is 2.83 bits per heavy atom. The Morgan fingerprint density at radius 2 is 2.17 bits per heavy atom. The Balaban J connectivity index is 1.44. The second-order valence-electron chi connectivity index (χ2n) is 6.88. The SMILES string of the molecule is Cn1cc(N2CC3(CCN([C@H]4CCOC4)CC3)OCC2=O)cn1. The molecule has 1 amide bonds. The molecular formula is C16H24N4O3. The second kappa shape index (κ2) is 5.89. The largest absolute Gasteiger partial charge is 0.380 e. The number of piperidine rings is 1. The van der Waals surface area contributed by atoms with Crippen molar-refractivity contribution in [2.45, 2.75) is 30.9 Å². The number of rotatable bonds is 2. The fourth-order valence-electron chi connectivity index (χ4n) is 3.91. The first-order valence-corrected chi connectivity index (χ1v) is 8.40. The lowest BCUT2D eigenvalue weighted by Crippen LogP contribution is -2.59. The van der Waals surface area contributed by atoms with Crippen molar-refractivity contribution in [3.63, 3.8) is 0 Å². The summed E-state index contributed by atoms with van der Waals surface area (Å²) in [5, 5.41) is 4.18. The number of aryl methyl sites for hydroxylation is 1. The van der Waals surface area contributed by atoms with Gasteiger partial charge >= 0.3 is 0 Å². The van der Waals surface area contributed by atoms with Gasteiger partial charge in [0.1, 0.15) is 6.61 Å². The molecule has 0 unspecified atom stereocenters. The van der Waals surface area contributed by atoms with Crippen molar-refractivity contribution < 1.29 is 14.3 Å². The Kier molecular flexibility index (Phi) is 3.87. The molecule has 1 spiro atoms. The average Bonchev–Trinajstić information content (AvgIpc) is 3.22. The van der Waals surface area contributed by atoms with Crippen LogP contribution in [0.15, 0.2) is 12.4 Å². The number of amides is 1. The van der Waals surface area contributed by atoms with Crippen molar-refractivity contribution in [1.29, 1.82) is 0 Å². The Bertz CT molecular complexity index is 574. The minimum atomic E-state index is -0.209. The van der Waals surface area contributed by atoms with E-state index in [4.69, 9.17) is 9.47 Å². The number of likely N-dealkylation sites (tertiary alicyclic amines) is 1. The quantitative estimate of drug-likeness (QED) is 0.790. The van der Waals surface area contributed by atoms with Gasteiger partial charge in [0.2, 0.25) is 0 Å². The van der Waals surface area contributed by atoms with Gasteiger partial charge < -0.3 is 14.4 Å². The number of aromatic nitrogens is 2. The molecule has 1 aromatic rings. The van der Waals surface area contributed by atoms with E-state index in [-0.39, 0.29) is 18.1 Å². The zero-order chi connectivity index (χ0) is 15.9. The van der Waals surface area contributed by atoms with Crippen LogP contribution in [0.2, 0.25) is 0 Å². The zero-order valence-corrected chi connectivity index (χ0v) is 13.6. The van der Waals surface area contributed by atoms with Crippen LogP contribution in [0.3, 0.4) is 0 Å². The van der Waals surface area contributed by atoms with Gasteiger partial charge in [-0.3, -0.25) is 14.4 Å².